The van der Waals surface area contributed by atoms with E-state index in [0.717, 1.165) is 20.2 Å². The van der Waals surface area contributed by atoms with E-state index in [4.69, 9.17) is 0 Å². The van der Waals surface area contributed by atoms with Gasteiger partial charge in [0.1, 0.15) is 0 Å². The second-order valence-electron chi connectivity index (χ2n) is 5.33. The number of fused-ring (bicyclic) bond motifs is 4. The summed E-state index contributed by atoms with van der Waals surface area (Å²) >= 11 is 1.60. The van der Waals surface area contributed by atoms with Crippen molar-refractivity contribution in [3.63, 3.8) is 0 Å². The van der Waals surface area contributed by atoms with Crippen molar-refractivity contribution in [2.45, 2.75) is 6.92 Å². The van der Waals surface area contributed by atoms with Crippen LogP contribution >= 0.6 is 11.3 Å². The minimum absolute atomic E-state index is 0.00222. The van der Waals surface area contributed by atoms with Gasteiger partial charge < -0.3 is 0 Å². The first-order valence-electron chi connectivity index (χ1n) is 7.05. The van der Waals surface area contributed by atoms with Crippen LogP contribution in [0.1, 0.15) is 17.3 Å². The van der Waals surface area contributed by atoms with E-state index in [-0.39, 0.29) is 11.2 Å². The van der Waals surface area contributed by atoms with Crippen molar-refractivity contribution in [3.05, 3.63) is 70.4 Å². The van der Waals surface area contributed by atoms with E-state index in [2.05, 4.69) is 0 Å². The molecular weight excluding hydrogens is 292 g/mol. The predicted molar refractivity (Wildman–Crippen MR) is 93.1 cm³/mol. The zero-order valence-electron chi connectivity index (χ0n) is 11.9. The molecule has 0 aliphatic carbocycles. The van der Waals surface area contributed by atoms with Crippen LogP contribution < -0.4 is 5.43 Å². The summed E-state index contributed by atoms with van der Waals surface area (Å²) in [4.78, 5) is 24.8. The molecule has 3 heteroatoms. The lowest BCUT2D eigenvalue weighted by Gasteiger charge is -2.08. The molecular formula is C19H12O2S. The minimum atomic E-state index is -0.0179. The lowest BCUT2D eigenvalue weighted by molar-refractivity contribution is 0.101. The summed E-state index contributed by atoms with van der Waals surface area (Å²) in [5.74, 6) is -0.0179. The molecule has 3 aromatic carbocycles. The van der Waals surface area contributed by atoms with Gasteiger partial charge in [0.2, 0.25) is 0 Å². The first-order valence-corrected chi connectivity index (χ1v) is 7.87. The van der Waals surface area contributed by atoms with Gasteiger partial charge >= 0.3 is 0 Å². The standard InChI is InChI=1S/C19H12O2S/c1-11(20)15-10-16-18(21)14-8-4-5-9-17(14)22-19(16)13-7-3-2-6-12(13)15/h2-10H,1H3. The van der Waals surface area contributed by atoms with Crippen LogP contribution in [0.15, 0.2) is 59.4 Å². The molecule has 106 valence electrons. The van der Waals surface area contributed by atoms with Gasteiger partial charge in [-0.15, -0.1) is 11.3 Å². The number of ketones is 1. The third kappa shape index (κ3) is 1.79. The third-order valence-electron chi connectivity index (χ3n) is 3.96. The molecule has 0 unspecified atom stereocenters. The molecule has 22 heavy (non-hydrogen) atoms. The molecule has 0 saturated carbocycles. The van der Waals surface area contributed by atoms with E-state index < -0.39 is 0 Å². The number of carbonyl (C=O) groups excluding carboxylic acids is 1. The van der Waals surface area contributed by atoms with Gasteiger partial charge in [0, 0.05) is 31.1 Å². The van der Waals surface area contributed by atoms with Crippen LogP contribution in [0.25, 0.3) is 30.9 Å². The Hall–Kier alpha value is -2.52. The predicted octanol–water partition coefficient (Wildman–Crippen LogP) is 4.77. The van der Waals surface area contributed by atoms with Crippen molar-refractivity contribution in [2.24, 2.45) is 0 Å². The van der Waals surface area contributed by atoms with E-state index in [1.54, 1.807) is 24.3 Å². The Kier molecular flexibility index (Phi) is 2.84. The average Bonchev–Trinajstić information content (AvgIpc) is 2.54. The molecule has 0 saturated heterocycles. The van der Waals surface area contributed by atoms with Crippen molar-refractivity contribution in [2.75, 3.05) is 0 Å². The van der Waals surface area contributed by atoms with Gasteiger partial charge in [-0.3, -0.25) is 9.59 Å². The molecule has 0 radical (unpaired) electrons. The van der Waals surface area contributed by atoms with Crippen LogP contribution in [-0.2, 0) is 0 Å². The van der Waals surface area contributed by atoms with Gasteiger partial charge in [0.05, 0.1) is 0 Å². The number of hydrogen-bond donors (Lipinski definition) is 0. The molecule has 4 aromatic rings. The molecule has 0 atom stereocenters. The highest BCUT2D eigenvalue weighted by atomic mass is 32.1. The summed E-state index contributed by atoms with van der Waals surface area (Å²) in [6, 6.07) is 17.2. The molecule has 2 nitrogen and oxygen atoms in total. The Morgan fingerprint density at radius 3 is 2.23 bits per heavy atom. The van der Waals surface area contributed by atoms with E-state index in [1.165, 1.54) is 0 Å². The summed E-state index contributed by atoms with van der Waals surface area (Å²) in [6.07, 6.45) is 0. The molecule has 1 heterocycles. The van der Waals surface area contributed by atoms with Crippen molar-refractivity contribution >= 4 is 48.1 Å². The van der Waals surface area contributed by atoms with E-state index in [9.17, 15) is 9.59 Å². The fourth-order valence-electron chi connectivity index (χ4n) is 2.92. The Balaban J connectivity index is 2.35. The fraction of sp³-hybridized carbons (Fsp3) is 0.0526. The van der Waals surface area contributed by atoms with E-state index in [1.807, 2.05) is 48.5 Å². The van der Waals surface area contributed by atoms with Gasteiger partial charge in [-0.05, 0) is 30.5 Å². The molecule has 0 aliphatic heterocycles. The molecule has 0 bridgehead atoms. The molecule has 0 aliphatic rings. The van der Waals surface area contributed by atoms with E-state index in [0.29, 0.717) is 16.3 Å². The molecule has 0 N–H and O–H groups in total. The SMILES string of the molecule is CC(=O)c1cc2c(=O)c3ccccc3sc2c2ccccc12. The summed E-state index contributed by atoms with van der Waals surface area (Å²) in [6.45, 7) is 1.54. The van der Waals surface area contributed by atoms with Crippen LogP contribution in [0.3, 0.4) is 0 Å². The second-order valence-corrected chi connectivity index (χ2v) is 6.38. The number of hydrogen-bond acceptors (Lipinski definition) is 3. The Labute approximate surface area is 130 Å². The molecule has 0 spiro atoms. The largest absolute Gasteiger partial charge is 0.294 e. The number of rotatable bonds is 1. The van der Waals surface area contributed by atoms with Crippen LogP contribution in [-0.4, -0.2) is 5.78 Å². The lowest BCUT2D eigenvalue weighted by atomic mass is 9.99. The summed E-state index contributed by atoms with van der Waals surface area (Å²) < 4.78 is 1.92. The monoisotopic (exact) mass is 304 g/mol. The molecule has 4 rings (SSSR count). The van der Waals surface area contributed by atoms with Gasteiger partial charge in [-0.1, -0.05) is 36.4 Å². The highest BCUT2D eigenvalue weighted by Gasteiger charge is 2.13. The van der Waals surface area contributed by atoms with Crippen LogP contribution in [0.4, 0.5) is 0 Å². The van der Waals surface area contributed by atoms with Gasteiger partial charge in [-0.25, -0.2) is 0 Å². The van der Waals surface area contributed by atoms with E-state index >= 15 is 0 Å². The fourth-order valence-corrected chi connectivity index (χ4v) is 4.10. The highest BCUT2D eigenvalue weighted by Crippen LogP contribution is 2.33. The maximum Gasteiger partial charge on any atom is 0.195 e. The molecule has 0 amide bonds. The van der Waals surface area contributed by atoms with Crippen molar-refractivity contribution < 1.29 is 4.79 Å². The quantitative estimate of drug-likeness (QED) is 0.288. The summed E-state index contributed by atoms with van der Waals surface area (Å²) in [5, 5.41) is 3.23. The lowest BCUT2D eigenvalue weighted by Crippen LogP contribution is -2.03. The second kappa shape index (κ2) is 4.75. The first kappa shape index (κ1) is 13.2. The number of Topliss-reactive ketones (excluding diaryl/α,β-unsaturated/α-hetero) is 1. The Bertz CT molecular complexity index is 1120. The van der Waals surface area contributed by atoms with Crippen LogP contribution in [0, 0.1) is 0 Å². The molecule has 0 fully saturated rings. The molecule has 1 aromatic heterocycles. The zero-order valence-corrected chi connectivity index (χ0v) is 12.7. The van der Waals surface area contributed by atoms with Gasteiger partial charge in [0.15, 0.2) is 11.2 Å². The third-order valence-corrected chi connectivity index (χ3v) is 5.18. The topological polar surface area (TPSA) is 34.1 Å². The van der Waals surface area contributed by atoms with Crippen molar-refractivity contribution in [1.29, 1.82) is 0 Å². The zero-order chi connectivity index (χ0) is 15.3. The van der Waals surface area contributed by atoms with Gasteiger partial charge in [-0.2, -0.15) is 0 Å². The normalized spacial score (nSPS) is 11.3. The van der Waals surface area contributed by atoms with Crippen molar-refractivity contribution in [1.82, 2.24) is 0 Å². The average molecular weight is 304 g/mol. The van der Waals surface area contributed by atoms with Crippen LogP contribution in [0.2, 0.25) is 0 Å². The maximum absolute atomic E-state index is 12.8. The minimum Gasteiger partial charge on any atom is -0.294 e. The maximum atomic E-state index is 12.8. The van der Waals surface area contributed by atoms with Crippen LogP contribution in [0.5, 0.6) is 0 Å². The highest BCUT2D eigenvalue weighted by molar-refractivity contribution is 7.25. The number of benzene rings is 3. The van der Waals surface area contributed by atoms with Gasteiger partial charge in [0.25, 0.3) is 0 Å². The Morgan fingerprint density at radius 1 is 0.864 bits per heavy atom. The summed E-state index contributed by atoms with van der Waals surface area (Å²) in [7, 11) is 0. The first-order chi connectivity index (χ1) is 10.7. The van der Waals surface area contributed by atoms with Crippen molar-refractivity contribution in [3.8, 4) is 0 Å². The smallest absolute Gasteiger partial charge is 0.195 e. The Morgan fingerprint density at radius 2 is 1.50 bits per heavy atom. The summed E-state index contributed by atoms with van der Waals surface area (Å²) in [5.41, 5.74) is 0.611. The number of carbonyl (C=O) groups is 1.